The van der Waals surface area contributed by atoms with Gasteiger partial charge in [0, 0.05) is 25.8 Å². The van der Waals surface area contributed by atoms with Crippen molar-refractivity contribution in [3.63, 3.8) is 0 Å². The van der Waals surface area contributed by atoms with E-state index in [-0.39, 0.29) is 6.03 Å². The van der Waals surface area contributed by atoms with Crippen LogP contribution in [0.2, 0.25) is 0 Å². The predicted molar refractivity (Wildman–Crippen MR) is 82.5 cm³/mol. The minimum atomic E-state index is -0.527. The van der Waals surface area contributed by atoms with Crippen LogP contribution in [0, 0.1) is 0 Å². The third kappa shape index (κ3) is 6.65. The van der Waals surface area contributed by atoms with Crippen molar-refractivity contribution in [3.8, 4) is 0 Å². The monoisotopic (exact) mass is 293 g/mol. The molecule has 0 bridgehead atoms. The van der Waals surface area contributed by atoms with Crippen molar-refractivity contribution in [2.75, 3.05) is 25.0 Å². The van der Waals surface area contributed by atoms with Crippen molar-refractivity contribution in [3.05, 3.63) is 30.3 Å². The van der Waals surface area contributed by atoms with Gasteiger partial charge in [0.05, 0.1) is 0 Å². The number of para-hydroxylation sites is 1. The van der Waals surface area contributed by atoms with Gasteiger partial charge in [-0.25, -0.2) is 9.59 Å². The zero-order valence-electron chi connectivity index (χ0n) is 13.0. The fourth-order valence-electron chi connectivity index (χ4n) is 1.54. The normalized spacial score (nSPS) is 10.7. The number of carbonyl (C=O) groups is 2. The summed E-state index contributed by atoms with van der Waals surface area (Å²) in [6.07, 6.45) is -0.492. The molecule has 0 spiro atoms. The van der Waals surface area contributed by atoms with Gasteiger partial charge in [0.15, 0.2) is 0 Å². The van der Waals surface area contributed by atoms with Crippen LogP contribution in [0.1, 0.15) is 20.8 Å². The van der Waals surface area contributed by atoms with Gasteiger partial charge in [0.1, 0.15) is 5.60 Å². The predicted octanol–water partition coefficient (Wildman–Crippen LogP) is 2.36. The number of benzene rings is 1. The molecule has 2 N–H and O–H groups in total. The highest BCUT2D eigenvalue weighted by molar-refractivity contribution is 5.91. The molecule has 1 rings (SSSR count). The van der Waals surface area contributed by atoms with E-state index in [4.69, 9.17) is 4.74 Å². The minimum absolute atomic E-state index is 0.229. The Bertz CT molecular complexity index is 469. The molecule has 3 amide bonds. The molecule has 0 radical (unpaired) electrons. The largest absolute Gasteiger partial charge is 0.444 e. The number of hydrogen-bond donors (Lipinski definition) is 2. The first-order valence-electron chi connectivity index (χ1n) is 6.83. The Morgan fingerprint density at radius 2 is 1.67 bits per heavy atom. The lowest BCUT2D eigenvalue weighted by Gasteiger charge is -2.20. The van der Waals surface area contributed by atoms with Crippen LogP contribution in [0.15, 0.2) is 30.3 Å². The first-order chi connectivity index (χ1) is 9.79. The quantitative estimate of drug-likeness (QED) is 0.837. The maximum absolute atomic E-state index is 11.9. The molecule has 1 aromatic rings. The molecule has 1 aromatic carbocycles. The van der Waals surface area contributed by atoms with Crippen molar-refractivity contribution >= 4 is 17.8 Å². The number of anilines is 1. The number of ether oxygens (including phenoxy) is 1. The van der Waals surface area contributed by atoms with Crippen molar-refractivity contribution < 1.29 is 14.3 Å². The SMILES string of the molecule is CN(C(=O)NCCNC(=O)OC(C)(C)C)c1ccccc1. The van der Waals surface area contributed by atoms with E-state index in [2.05, 4.69) is 10.6 Å². The van der Waals surface area contributed by atoms with Gasteiger partial charge in [0.2, 0.25) is 0 Å². The maximum Gasteiger partial charge on any atom is 0.407 e. The zero-order valence-corrected chi connectivity index (χ0v) is 13.0. The maximum atomic E-state index is 11.9. The number of rotatable bonds is 4. The Kier molecular flexibility index (Phi) is 6.02. The van der Waals surface area contributed by atoms with E-state index in [1.165, 1.54) is 4.90 Å². The van der Waals surface area contributed by atoms with Crippen LogP contribution in [0.5, 0.6) is 0 Å². The van der Waals surface area contributed by atoms with E-state index in [0.717, 1.165) is 5.69 Å². The van der Waals surface area contributed by atoms with Crippen LogP contribution in [-0.2, 0) is 4.74 Å². The number of hydrogen-bond acceptors (Lipinski definition) is 3. The smallest absolute Gasteiger partial charge is 0.407 e. The lowest BCUT2D eigenvalue weighted by atomic mass is 10.2. The highest BCUT2D eigenvalue weighted by Gasteiger charge is 2.15. The summed E-state index contributed by atoms with van der Waals surface area (Å²) in [5, 5.41) is 5.29. The highest BCUT2D eigenvalue weighted by atomic mass is 16.6. The summed E-state index contributed by atoms with van der Waals surface area (Å²) in [7, 11) is 1.69. The third-order valence-electron chi connectivity index (χ3n) is 2.52. The Hall–Kier alpha value is -2.24. The Labute approximate surface area is 125 Å². The molecule has 21 heavy (non-hydrogen) atoms. The summed E-state index contributed by atoms with van der Waals surface area (Å²) >= 11 is 0. The summed E-state index contributed by atoms with van der Waals surface area (Å²) in [6.45, 7) is 6.02. The molecule has 0 aromatic heterocycles. The van der Waals surface area contributed by atoms with Crippen molar-refractivity contribution in [2.24, 2.45) is 0 Å². The van der Waals surface area contributed by atoms with Gasteiger partial charge in [-0.05, 0) is 32.9 Å². The standard InChI is InChI=1S/C15H23N3O3/c1-15(2,3)21-14(20)17-11-10-16-13(19)18(4)12-8-6-5-7-9-12/h5-9H,10-11H2,1-4H3,(H,16,19)(H,17,20). The fourth-order valence-corrected chi connectivity index (χ4v) is 1.54. The zero-order chi connectivity index (χ0) is 15.9. The van der Waals surface area contributed by atoms with Gasteiger partial charge in [-0.1, -0.05) is 18.2 Å². The Balaban J connectivity index is 2.27. The number of urea groups is 1. The van der Waals surface area contributed by atoms with Crippen LogP contribution in [0.4, 0.5) is 15.3 Å². The molecule has 116 valence electrons. The van der Waals surface area contributed by atoms with Crippen molar-refractivity contribution in [1.29, 1.82) is 0 Å². The second-order valence-electron chi connectivity index (χ2n) is 5.56. The number of nitrogens with zero attached hydrogens (tertiary/aromatic N) is 1. The summed E-state index contributed by atoms with van der Waals surface area (Å²) < 4.78 is 5.09. The van der Waals surface area contributed by atoms with E-state index in [9.17, 15) is 9.59 Å². The lowest BCUT2D eigenvalue weighted by Crippen LogP contribution is -2.42. The van der Waals surface area contributed by atoms with Gasteiger partial charge in [-0.2, -0.15) is 0 Å². The van der Waals surface area contributed by atoms with Gasteiger partial charge in [0.25, 0.3) is 0 Å². The molecule has 0 aliphatic heterocycles. The number of nitrogens with one attached hydrogen (secondary N) is 2. The van der Waals surface area contributed by atoms with Crippen LogP contribution in [0.25, 0.3) is 0 Å². The average molecular weight is 293 g/mol. The molecule has 0 heterocycles. The average Bonchev–Trinajstić information content (AvgIpc) is 2.41. The van der Waals surface area contributed by atoms with Crippen LogP contribution < -0.4 is 15.5 Å². The molecule has 6 heteroatoms. The van der Waals surface area contributed by atoms with Gasteiger partial charge >= 0.3 is 12.1 Å². The molecular weight excluding hydrogens is 270 g/mol. The summed E-state index contributed by atoms with van der Waals surface area (Å²) in [6, 6.07) is 9.08. The molecule has 0 atom stereocenters. The summed E-state index contributed by atoms with van der Waals surface area (Å²) in [4.78, 5) is 24.8. The lowest BCUT2D eigenvalue weighted by molar-refractivity contribution is 0.0528. The van der Waals surface area contributed by atoms with E-state index in [0.29, 0.717) is 13.1 Å². The number of amides is 3. The second kappa shape index (κ2) is 7.52. The van der Waals surface area contributed by atoms with E-state index in [1.807, 2.05) is 30.3 Å². The molecular formula is C15H23N3O3. The van der Waals surface area contributed by atoms with Gasteiger partial charge < -0.3 is 15.4 Å². The van der Waals surface area contributed by atoms with Crippen molar-refractivity contribution in [2.45, 2.75) is 26.4 Å². The summed E-state index contributed by atoms with van der Waals surface area (Å²) in [5.41, 5.74) is 0.274. The molecule has 6 nitrogen and oxygen atoms in total. The number of alkyl carbamates (subject to hydrolysis) is 1. The molecule has 0 aliphatic carbocycles. The Morgan fingerprint density at radius 1 is 1.10 bits per heavy atom. The van der Waals surface area contributed by atoms with Crippen LogP contribution in [-0.4, -0.2) is 37.9 Å². The van der Waals surface area contributed by atoms with E-state index in [1.54, 1.807) is 27.8 Å². The van der Waals surface area contributed by atoms with Gasteiger partial charge in [-0.3, -0.25) is 4.90 Å². The van der Waals surface area contributed by atoms with Crippen LogP contribution >= 0.6 is 0 Å². The second-order valence-corrected chi connectivity index (χ2v) is 5.56. The first kappa shape index (κ1) is 16.8. The van der Waals surface area contributed by atoms with E-state index < -0.39 is 11.7 Å². The fraction of sp³-hybridized carbons (Fsp3) is 0.467. The van der Waals surface area contributed by atoms with Crippen LogP contribution in [0.3, 0.4) is 0 Å². The first-order valence-corrected chi connectivity index (χ1v) is 6.83. The molecule has 0 aliphatic rings. The molecule has 0 saturated carbocycles. The minimum Gasteiger partial charge on any atom is -0.444 e. The highest BCUT2D eigenvalue weighted by Crippen LogP contribution is 2.10. The molecule has 0 unspecified atom stereocenters. The third-order valence-corrected chi connectivity index (χ3v) is 2.52. The number of carbonyl (C=O) groups excluding carboxylic acids is 2. The van der Waals surface area contributed by atoms with Crippen molar-refractivity contribution in [1.82, 2.24) is 10.6 Å². The van der Waals surface area contributed by atoms with Gasteiger partial charge in [-0.15, -0.1) is 0 Å². The topological polar surface area (TPSA) is 70.7 Å². The summed E-state index contributed by atoms with van der Waals surface area (Å²) in [5.74, 6) is 0. The van der Waals surface area contributed by atoms with E-state index >= 15 is 0 Å². The molecule has 0 saturated heterocycles. The molecule has 0 fully saturated rings. The Morgan fingerprint density at radius 3 is 2.24 bits per heavy atom.